The lowest BCUT2D eigenvalue weighted by Gasteiger charge is -2.48. The van der Waals surface area contributed by atoms with Gasteiger partial charge in [-0.1, -0.05) is 19.4 Å². The van der Waals surface area contributed by atoms with Gasteiger partial charge < -0.3 is 0 Å². The molecule has 4 aliphatic rings. The number of carbonyl (C=O) groups is 2. The smallest absolute Gasteiger partial charge is 0.155 e. The fraction of sp³-hybridized carbons (Fsp3) is 0.789. The maximum atomic E-state index is 11.8. The molecule has 4 unspecified atom stereocenters. The van der Waals surface area contributed by atoms with E-state index >= 15 is 0 Å². The largest absolute Gasteiger partial charge is 0.300 e. The van der Waals surface area contributed by atoms with Crippen LogP contribution in [0.5, 0.6) is 0 Å². The average Bonchev–Trinajstić information content (AvgIpc) is 2.89. The second-order valence-corrected chi connectivity index (χ2v) is 7.15. The van der Waals surface area contributed by atoms with Crippen LogP contribution in [0.25, 0.3) is 0 Å². The molecule has 3 fully saturated rings. The molecular formula is C19H28O2. The molecular weight excluding hydrogens is 260 g/mol. The van der Waals surface area contributed by atoms with Crippen LogP contribution < -0.4 is 0 Å². The van der Waals surface area contributed by atoms with Crippen molar-refractivity contribution in [1.29, 1.82) is 0 Å². The van der Waals surface area contributed by atoms with Gasteiger partial charge in [0.05, 0.1) is 0 Å². The Kier molecular flexibility index (Phi) is 4.33. The van der Waals surface area contributed by atoms with Crippen LogP contribution in [0.15, 0.2) is 11.6 Å². The molecule has 0 bridgehead atoms. The molecule has 2 heteroatoms. The summed E-state index contributed by atoms with van der Waals surface area (Å²) >= 11 is 0. The van der Waals surface area contributed by atoms with E-state index in [2.05, 4.69) is 0 Å². The van der Waals surface area contributed by atoms with E-state index < -0.39 is 0 Å². The maximum absolute atomic E-state index is 11.8. The van der Waals surface area contributed by atoms with Gasteiger partial charge in [-0.2, -0.15) is 0 Å². The SMILES string of the molecule is CC.O=C1C=C2CCC3C4CC(=O)CC4CC[C@H]3C2CC1. The monoisotopic (exact) mass is 288 g/mol. The van der Waals surface area contributed by atoms with E-state index in [-0.39, 0.29) is 0 Å². The van der Waals surface area contributed by atoms with E-state index in [0.717, 1.165) is 43.9 Å². The third kappa shape index (κ3) is 2.62. The Hall–Kier alpha value is -0.920. The lowest BCUT2D eigenvalue weighted by molar-refractivity contribution is -0.118. The Morgan fingerprint density at radius 1 is 0.857 bits per heavy atom. The Morgan fingerprint density at radius 2 is 1.67 bits per heavy atom. The number of Topliss-reactive ketones (excluding diaryl/α,β-unsaturated/α-hetero) is 1. The molecule has 0 aromatic carbocycles. The van der Waals surface area contributed by atoms with E-state index in [1.165, 1.54) is 24.8 Å². The van der Waals surface area contributed by atoms with Crippen molar-refractivity contribution in [2.45, 2.75) is 65.2 Å². The second kappa shape index (κ2) is 6.06. The van der Waals surface area contributed by atoms with Crippen molar-refractivity contribution in [1.82, 2.24) is 0 Å². The normalized spacial score (nSPS) is 41.2. The van der Waals surface area contributed by atoms with Gasteiger partial charge in [0.25, 0.3) is 0 Å². The van der Waals surface area contributed by atoms with Crippen LogP contribution in [0.3, 0.4) is 0 Å². The van der Waals surface area contributed by atoms with Crippen LogP contribution >= 0.6 is 0 Å². The zero-order valence-electron chi connectivity index (χ0n) is 13.4. The van der Waals surface area contributed by atoms with Gasteiger partial charge in [0.2, 0.25) is 0 Å². The van der Waals surface area contributed by atoms with E-state index in [1.54, 1.807) is 0 Å². The van der Waals surface area contributed by atoms with E-state index in [0.29, 0.717) is 29.3 Å². The van der Waals surface area contributed by atoms with Gasteiger partial charge in [-0.15, -0.1) is 0 Å². The molecule has 0 heterocycles. The Labute approximate surface area is 128 Å². The molecule has 0 amide bonds. The molecule has 116 valence electrons. The predicted octanol–water partition coefficient (Wildman–Crippen LogP) is 4.33. The lowest BCUT2D eigenvalue weighted by Crippen LogP contribution is -2.40. The molecule has 0 aliphatic heterocycles. The number of fused-ring (bicyclic) bond motifs is 5. The number of hydrogen-bond acceptors (Lipinski definition) is 2. The highest BCUT2D eigenvalue weighted by Gasteiger charge is 2.49. The van der Waals surface area contributed by atoms with Gasteiger partial charge in [-0.05, 0) is 67.8 Å². The molecule has 5 atom stereocenters. The predicted molar refractivity (Wildman–Crippen MR) is 83.8 cm³/mol. The van der Waals surface area contributed by atoms with E-state index in [4.69, 9.17) is 0 Å². The molecule has 0 N–H and O–H groups in total. The van der Waals surface area contributed by atoms with Gasteiger partial charge in [0.15, 0.2) is 5.78 Å². The minimum absolute atomic E-state index is 0.342. The molecule has 0 aromatic heterocycles. The number of allylic oxidation sites excluding steroid dienone is 1. The standard InChI is InChI=1S/C17H22O2.C2H6/c18-12-3-6-14-10(7-12)1-5-16-15(14)4-2-11-8-13(19)9-17(11)16;1-2/h7,11,14-17H,1-6,8-9H2;1-2H3/t11?,14?,15-,16?,17?;/m0./s1. The van der Waals surface area contributed by atoms with Crippen molar-refractivity contribution in [3.63, 3.8) is 0 Å². The highest BCUT2D eigenvalue weighted by atomic mass is 16.1. The molecule has 21 heavy (non-hydrogen) atoms. The number of rotatable bonds is 0. The van der Waals surface area contributed by atoms with Crippen molar-refractivity contribution >= 4 is 11.6 Å². The summed E-state index contributed by atoms with van der Waals surface area (Å²) in [5, 5.41) is 0. The van der Waals surface area contributed by atoms with Crippen molar-refractivity contribution in [2.24, 2.45) is 29.6 Å². The molecule has 2 nitrogen and oxygen atoms in total. The Balaban J connectivity index is 0.000000636. The first-order chi connectivity index (χ1) is 10.2. The van der Waals surface area contributed by atoms with Crippen LogP contribution in [0.2, 0.25) is 0 Å². The molecule has 4 aliphatic carbocycles. The summed E-state index contributed by atoms with van der Waals surface area (Å²) in [7, 11) is 0. The topological polar surface area (TPSA) is 34.1 Å². The van der Waals surface area contributed by atoms with Crippen LogP contribution in [-0.4, -0.2) is 11.6 Å². The fourth-order valence-electron chi connectivity index (χ4n) is 5.59. The van der Waals surface area contributed by atoms with Crippen molar-refractivity contribution in [3.05, 3.63) is 11.6 Å². The zero-order chi connectivity index (χ0) is 15.0. The summed E-state index contributed by atoms with van der Waals surface area (Å²) in [5.74, 6) is 4.47. The lowest BCUT2D eigenvalue weighted by atomic mass is 9.56. The summed E-state index contributed by atoms with van der Waals surface area (Å²) in [6.07, 6.45) is 10.4. The zero-order valence-corrected chi connectivity index (χ0v) is 13.4. The first kappa shape index (κ1) is 15.0. The second-order valence-electron chi connectivity index (χ2n) is 7.15. The van der Waals surface area contributed by atoms with E-state index in [9.17, 15) is 9.59 Å². The molecule has 0 aromatic rings. The molecule has 4 rings (SSSR count). The quantitative estimate of drug-likeness (QED) is 0.664. The van der Waals surface area contributed by atoms with Crippen molar-refractivity contribution in [2.75, 3.05) is 0 Å². The number of carbonyl (C=O) groups excluding carboxylic acids is 2. The van der Waals surface area contributed by atoms with Gasteiger partial charge in [0.1, 0.15) is 5.78 Å². The molecule has 0 saturated heterocycles. The van der Waals surface area contributed by atoms with Crippen molar-refractivity contribution < 1.29 is 9.59 Å². The van der Waals surface area contributed by atoms with Gasteiger partial charge in [-0.3, -0.25) is 9.59 Å². The van der Waals surface area contributed by atoms with Gasteiger partial charge in [0, 0.05) is 19.3 Å². The first-order valence-corrected chi connectivity index (χ1v) is 8.97. The van der Waals surface area contributed by atoms with Crippen LogP contribution in [0.1, 0.15) is 65.2 Å². The van der Waals surface area contributed by atoms with Crippen LogP contribution in [0, 0.1) is 29.6 Å². The highest BCUT2D eigenvalue weighted by molar-refractivity contribution is 5.91. The van der Waals surface area contributed by atoms with Crippen molar-refractivity contribution in [3.8, 4) is 0 Å². The molecule has 3 saturated carbocycles. The number of hydrogen-bond donors (Lipinski definition) is 0. The van der Waals surface area contributed by atoms with Gasteiger partial charge >= 0.3 is 0 Å². The maximum Gasteiger partial charge on any atom is 0.155 e. The summed E-state index contributed by atoms with van der Waals surface area (Å²) < 4.78 is 0. The third-order valence-electron chi connectivity index (χ3n) is 6.34. The summed E-state index contributed by atoms with van der Waals surface area (Å²) in [6, 6.07) is 0. The fourth-order valence-corrected chi connectivity index (χ4v) is 5.59. The Morgan fingerprint density at radius 3 is 2.48 bits per heavy atom. The minimum atomic E-state index is 0.342. The summed E-state index contributed by atoms with van der Waals surface area (Å²) in [5.41, 5.74) is 1.44. The Bertz CT molecular complexity index is 462. The number of ketones is 2. The van der Waals surface area contributed by atoms with Crippen LogP contribution in [0.4, 0.5) is 0 Å². The van der Waals surface area contributed by atoms with Gasteiger partial charge in [-0.25, -0.2) is 0 Å². The molecule has 0 spiro atoms. The summed E-state index contributed by atoms with van der Waals surface area (Å²) in [4.78, 5) is 23.3. The highest BCUT2D eigenvalue weighted by Crippen LogP contribution is 2.55. The van der Waals surface area contributed by atoms with Crippen LogP contribution in [-0.2, 0) is 9.59 Å². The summed E-state index contributed by atoms with van der Waals surface area (Å²) in [6.45, 7) is 4.00. The first-order valence-electron chi connectivity index (χ1n) is 8.97. The third-order valence-corrected chi connectivity index (χ3v) is 6.34. The minimum Gasteiger partial charge on any atom is -0.300 e. The average molecular weight is 288 g/mol. The van der Waals surface area contributed by atoms with E-state index in [1.807, 2.05) is 19.9 Å². The molecule has 0 radical (unpaired) electrons.